The third-order valence-corrected chi connectivity index (χ3v) is 4.91. The second kappa shape index (κ2) is 6.33. The number of aromatic nitrogens is 2. The van der Waals surface area contributed by atoms with Crippen LogP contribution in [0.15, 0.2) is 22.8 Å². The van der Waals surface area contributed by atoms with Gasteiger partial charge in [-0.2, -0.15) is 0 Å². The first-order valence-electron chi connectivity index (χ1n) is 7.10. The zero-order chi connectivity index (χ0) is 13.9. The van der Waals surface area contributed by atoms with Crippen LogP contribution >= 0.6 is 27.3 Å². The lowest BCUT2D eigenvalue weighted by molar-refractivity contribution is 0.676. The smallest absolute Gasteiger partial charge is 0.142 e. The van der Waals surface area contributed by atoms with Crippen LogP contribution in [0.4, 0.5) is 0 Å². The number of rotatable bonds is 6. The van der Waals surface area contributed by atoms with Crippen molar-refractivity contribution in [2.45, 2.75) is 38.6 Å². The molecule has 0 atom stereocenters. The Morgan fingerprint density at radius 3 is 2.90 bits per heavy atom. The summed E-state index contributed by atoms with van der Waals surface area (Å²) in [5.74, 6) is 0.689. The van der Waals surface area contributed by atoms with Crippen molar-refractivity contribution in [3.8, 4) is 10.7 Å². The van der Waals surface area contributed by atoms with E-state index in [1.54, 1.807) is 11.3 Å². The van der Waals surface area contributed by atoms with Crippen molar-refractivity contribution in [2.24, 2.45) is 0 Å². The number of hydrogen-bond donors (Lipinski definition) is 1. The van der Waals surface area contributed by atoms with Crippen LogP contribution in [0.2, 0.25) is 0 Å². The zero-order valence-corrected chi connectivity index (χ0v) is 13.9. The van der Waals surface area contributed by atoms with Crippen molar-refractivity contribution >= 4 is 27.3 Å². The first-order chi connectivity index (χ1) is 9.78. The van der Waals surface area contributed by atoms with Gasteiger partial charge in [0.05, 0.1) is 11.4 Å². The fourth-order valence-corrected chi connectivity index (χ4v) is 3.48. The van der Waals surface area contributed by atoms with Crippen molar-refractivity contribution in [3.63, 3.8) is 0 Å². The molecule has 1 fully saturated rings. The molecule has 2 aromatic heterocycles. The maximum Gasteiger partial charge on any atom is 0.142 e. The van der Waals surface area contributed by atoms with Gasteiger partial charge < -0.3 is 5.32 Å². The van der Waals surface area contributed by atoms with Crippen LogP contribution in [-0.4, -0.2) is 16.5 Å². The Hall–Kier alpha value is -0.780. The summed E-state index contributed by atoms with van der Waals surface area (Å²) in [6, 6.07) is 4.05. The molecule has 0 saturated heterocycles. The summed E-state index contributed by atoms with van der Waals surface area (Å²) < 4.78 is 1.00. The van der Waals surface area contributed by atoms with E-state index in [1.165, 1.54) is 29.8 Å². The zero-order valence-electron chi connectivity index (χ0n) is 11.5. The van der Waals surface area contributed by atoms with Crippen LogP contribution in [0.25, 0.3) is 10.7 Å². The molecule has 3 rings (SSSR count). The van der Waals surface area contributed by atoms with E-state index >= 15 is 0 Å². The normalized spacial score (nSPS) is 14.7. The van der Waals surface area contributed by atoms with E-state index in [0.29, 0.717) is 5.92 Å². The number of pyridine rings is 1. The highest BCUT2D eigenvalue weighted by atomic mass is 79.9. The van der Waals surface area contributed by atoms with Gasteiger partial charge in [0.25, 0.3) is 0 Å². The molecule has 1 saturated carbocycles. The third kappa shape index (κ3) is 3.27. The fraction of sp³-hybridized carbons (Fsp3) is 0.467. The number of halogens is 1. The third-order valence-electron chi connectivity index (χ3n) is 3.35. The quantitative estimate of drug-likeness (QED) is 0.786. The summed E-state index contributed by atoms with van der Waals surface area (Å²) >= 11 is 5.21. The molecular weight excluding hydrogens is 334 g/mol. The van der Waals surface area contributed by atoms with E-state index in [4.69, 9.17) is 4.98 Å². The number of thiazole rings is 1. The van der Waals surface area contributed by atoms with Gasteiger partial charge >= 0.3 is 0 Å². The Kier molecular flexibility index (Phi) is 4.48. The molecule has 0 aromatic carbocycles. The molecule has 106 valence electrons. The summed E-state index contributed by atoms with van der Waals surface area (Å²) in [4.78, 5) is 10.7. The lowest BCUT2D eigenvalue weighted by atomic mass is 10.2. The van der Waals surface area contributed by atoms with Crippen LogP contribution in [0.3, 0.4) is 0 Å². The van der Waals surface area contributed by atoms with Crippen LogP contribution < -0.4 is 5.32 Å². The van der Waals surface area contributed by atoms with E-state index in [2.05, 4.69) is 33.2 Å². The van der Waals surface area contributed by atoms with Gasteiger partial charge in [0.2, 0.25) is 0 Å². The van der Waals surface area contributed by atoms with E-state index in [1.807, 2.05) is 18.3 Å². The Labute approximate surface area is 132 Å². The SMILES string of the molecule is CCCNCc1sc(-c2ccc(Br)cn2)nc1C1CC1. The number of nitrogens with one attached hydrogen (secondary N) is 1. The first-order valence-corrected chi connectivity index (χ1v) is 8.71. The van der Waals surface area contributed by atoms with Gasteiger partial charge in [-0.15, -0.1) is 11.3 Å². The molecule has 2 heterocycles. The molecule has 1 aliphatic rings. The molecule has 0 aliphatic heterocycles. The highest BCUT2D eigenvalue weighted by Crippen LogP contribution is 2.44. The average molecular weight is 352 g/mol. The van der Waals surface area contributed by atoms with E-state index in [0.717, 1.165) is 28.3 Å². The molecule has 1 aliphatic carbocycles. The van der Waals surface area contributed by atoms with E-state index in [-0.39, 0.29) is 0 Å². The van der Waals surface area contributed by atoms with Crippen molar-refractivity contribution in [2.75, 3.05) is 6.54 Å². The second-order valence-electron chi connectivity index (χ2n) is 5.14. The molecule has 0 unspecified atom stereocenters. The number of nitrogens with zero attached hydrogens (tertiary/aromatic N) is 2. The molecule has 5 heteroatoms. The molecule has 2 aromatic rings. The van der Waals surface area contributed by atoms with Crippen molar-refractivity contribution < 1.29 is 0 Å². The highest BCUT2D eigenvalue weighted by Gasteiger charge is 2.29. The van der Waals surface area contributed by atoms with Gasteiger partial charge in [0.1, 0.15) is 5.01 Å². The van der Waals surface area contributed by atoms with Crippen LogP contribution in [0.5, 0.6) is 0 Å². The van der Waals surface area contributed by atoms with Crippen LogP contribution in [0.1, 0.15) is 42.7 Å². The van der Waals surface area contributed by atoms with E-state index < -0.39 is 0 Å². The van der Waals surface area contributed by atoms with Crippen LogP contribution in [0, 0.1) is 0 Å². The molecule has 20 heavy (non-hydrogen) atoms. The predicted octanol–water partition coefficient (Wildman–Crippen LogP) is 4.34. The van der Waals surface area contributed by atoms with Gasteiger partial charge in [-0.05, 0) is 53.9 Å². The standard InChI is InChI=1S/C15H18BrN3S/c1-2-7-17-9-13-14(10-3-4-10)19-15(20-13)12-6-5-11(16)8-18-12/h5-6,8,10,17H,2-4,7,9H2,1H3. The summed E-state index contributed by atoms with van der Waals surface area (Å²) in [5.41, 5.74) is 2.28. The predicted molar refractivity (Wildman–Crippen MR) is 87.0 cm³/mol. The Morgan fingerprint density at radius 2 is 2.25 bits per heavy atom. The van der Waals surface area contributed by atoms with Gasteiger partial charge in [-0.1, -0.05) is 6.92 Å². The number of hydrogen-bond acceptors (Lipinski definition) is 4. The van der Waals surface area contributed by atoms with Crippen molar-refractivity contribution in [3.05, 3.63) is 33.4 Å². The summed E-state index contributed by atoms with van der Waals surface area (Å²) in [6.07, 6.45) is 5.58. The Morgan fingerprint density at radius 1 is 1.40 bits per heavy atom. The Balaban J connectivity index is 1.84. The minimum absolute atomic E-state index is 0.689. The second-order valence-corrected chi connectivity index (χ2v) is 7.14. The van der Waals surface area contributed by atoms with Crippen molar-refractivity contribution in [1.82, 2.24) is 15.3 Å². The molecule has 0 spiro atoms. The molecule has 0 amide bonds. The minimum atomic E-state index is 0.689. The first kappa shape index (κ1) is 14.2. The topological polar surface area (TPSA) is 37.8 Å². The molecule has 1 N–H and O–H groups in total. The maximum absolute atomic E-state index is 4.85. The average Bonchev–Trinajstić information content (AvgIpc) is 3.21. The minimum Gasteiger partial charge on any atom is -0.312 e. The van der Waals surface area contributed by atoms with Gasteiger partial charge in [0, 0.05) is 28.0 Å². The van der Waals surface area contributed by atoms with E-state index in [9.17, 15) is 0 Å². The molecular formula is C15H18BrN3S. The largest absolute Gasteiger partial charge is 0.312 e. The lowest BCUT2D eigenvalue weighted by Gasteiger charge is -2.01. The maximum atomic E-state index is 4.85. The monoisotopic (exact) mass is 351 g/mol. The van der Waals surface area contributed by atoms with Gasteiger partial charge in [-0.3, -0.25) is 4.98 Å². The summed E-state index contributed by atoms with van der Waals surface area (Å²) in [5, 5.41) is 4.54. The Bertz CT molecular complexity index is 575. The van der Waals surface area contributed by atoms with Crippen LogP contribution in [-0.2, 0) is 6.54 Å². The van der Waals surface area contributed by atoms with Gasteiger partial charge in [0.15, 0.2) is 0 Å². The van der Waals surface area contributed by atoms with Crippen molar-refractivity contribution in [1.29, 1.82) is 0 Å². The fourth-order valence-electron chi connectivity index (χ4n) is 2.16. The lowest BCUT2D eigenvalue weighted by Crippen LogP contribution is -2.13. The molecule has 3 nitrogen and oxygen atoms in total. The summed E-state index contributed by atoms with van der Waals surface area (Å²) in [7, 11) is 0. The molecule has 0 radical (unpaired) electrons. The molecule has 0 bridgehead atoms. The summed E-state index contributed by atoms with van der Waals surface area (Å²) in [6.45, 7) is 4.19. The van der Waals surface area contributed by atoms with Gasteiger partial charge in [-0.25, -0.2) is 4.98 Å². The highest BCUT2D eigenvalue weighted by molar-refractivity contribution is 9.10.